The van der Waals surface area contributed by atoms with E-state index in [1.807, 2.05) is 6.07 Å². The second kappa shape index (κ2) is 15.0. The molecule has 2 N–H and O–H groups in total. The number of piperidine rings is 1. The highest BCUT2D eigenvalue weighted by Crippen LogP contribution is 2.25. The summed E-state index contributed by atoms with van der Waals surface area (Å²) in [6, 6.07) is 4.24. The summed E-state index contributed by atoms with van der Waals surface area (Å²) in [5, 5.41) is 6.78. The molecule has 2 saturated heterocycles. The van der Waals surface area contributed by atoms with Gasteiger partial charge in [0.05, 0.1) is 31.6 Å². The second-order valence-electron chi connectivity index (χ2n) is 7.84. The van der Waals surface area contributed by atoms with Crippen LogP contribution >= 0.6 is 24.0 Å². The van der Waals surface area contributed by atoms with Gasteiger partial charge in [0.15, 0.2) is 5.96 Å². The molecule has 0 bridgehead atoms. The smallest absolute Gasteiger partial charge is 0.191 e. The molecule has 2 unspecified atom stereocenters. The molecule has 0 amide bonds. The number of ether oxygens (including phenoxy) is 2. The number of nitrogens with one attached hydrogen (secondary N) is 2. The van der Waals surface area contributed by atoms with Gasteiger partial charge >= 0.3 is 0 Å². The first-order chi connectivity index (χ1) is 14.4. The molecule has 3 heterocycles. The first-order valence-electron chi connectivity index (χ1n) is 11.4. The van der Waals surface area contributed by atoms with Gasteiger partial charge in [-0.15, -0.1) is 24.0 Å². The van der Waals surface area contributed by atoms with Gasteiger partial charge in [0.1, 0.15) is 5.76 Å². The van der Waals surface area contributed by atoms with Gasteiger partial charge in [-0.2, -0.15) is 0 Å². The van der Waals surface area contributed by atoms with Crippen LogP contribution in [0.3, 0.4) is 0 Å². The average Bonchev–Trinajstić information content (AvgIpc) is 3.46. The van der Waals surface area contributed by atoms with Crippen LogP contribution in [0.25, 0.3) is 0 Å². The average molecular weight is 534 g/mol. The van der Waals surface area contributed by atoms with Crippen LogP contribution < -0.4 is 10.6 Å². The topological polar surface area (TPSA) is 71.3 Å². The zero-order chi connectivity index (χ0) is 20.2. The highest BCUT2D eigenvalue weighted by atomic mass is 127. The summed E-state index contributed by atoms with van der Waals surface area (Å²) in [4.78, 5) is 7.37. The number of furan rings is 1. The molecule has 2 atom stereocenters. The maximum absolute atomic E-state index is 5.74. The van der Waals surface area contributed by atoms with Crippen molar-refractivity contribution in [2.45, 2.75) is 57.6 Å². The van der Waals surface area contributed by atoms with Crippen LogP contribution in [0.2, 0.25) is 0 Å². The first-order valence-corrected chi connectivity index (χ1v) is 11.4. The molecule has 7 nitrogen and oxygen atoms in total. The Morgan fingerprint density at radius 3 is 2.83 bits per heavy atom. The van der Waals surface area contributed by atoms with E-state index >= 15 is 0 Å². The fraction of sp³-hybridized carbons (Fsp3) is 0.773. The lowest BCUT2D eigenvalue weighted by Crippen LogP contribution is -2.40. The van der Waals surface area contributed by atoms with E-state index < -0.39 is 0 Å². The molecule has 0 aliphatic carbocycles. The first kappa shape index (κ1) is 25.4. The highest BCUT2D eigenvalue weighted by molar-refractivity contribution is 14.0. The van der Waals surface area contributed by atoms with Crippen LogP contribution in [0.15, 0.2) is 27.8 Å². The predicted octanol–water partition coefficient (Wildman–Crippen LogP) is 3.57. The van der Waals surface area contributed by atoms with Gasteiger partial charge in [-0.1, -0.05) is 6.42 Å². The SMILES string of the molecule is CCNC(=NCC(c1ccco1)N1CCCCC1)NCCCOCC1CCCO1.I. The van der Waals surface area contributed by atoms with E-state index in [1.165, 1.54) is 19.3 Å². The van der Waals surface area contributed by atoms with Crippen molar-refractivity contribution in [3.8, 4) is 0 Å². The lowest BCUT2D eigenvalue weighted by atomic mass is 10.1. The highest BCUT2D eigenvalue weighted by Gasteiger charge is 2.24. The van der Waals surface area contributed by atoms with Crippen molar-refractivity contribution in [1.29, 1.82) is 0 Å². The number of rotatable bonds is 11. The van der Waals surface area contributed by atoms with E-state index in [0.29, 0.717) is 12.6 Å². The van der Waals surface area contributed by atoms with E-state index in [9.17, 15) is 0 Å². The third-order valence-electron chi connectivity index (χ3n) is 5.56. The van der Waals surface area contributed by atoms with Crippen LogP contribution in [0.4, 0.5) is 0 Å². The van der Waals surface area contributed by atoms with Crippen molar-refractivity contribution in [3.05, 3.63) is 24.2 Å². The van der Waals surface area contributed by atoms with Crippen LogP contribution in [-0.2, 0) is 9.47 Å². The Kier molecular flexibility index (Phi) is 12.7. The lowest BCUT2D eigenvalue weighted by Gasteiger charge is -2.32. The van der Waals surface area contributed by atoms with Crippen molar-refractivity contribution in [2.75, 3.05) is 52.5 Å². The van der Waals surface area contributed by atoms with E-state index in [-0.39, 0.29) is 30.0 Å². The Labute approximate surface area is 198 Å². The van der Waals surface area contributed by atoms with Gasteiger partial charge in [-0.3, -0.25) is 9.89 Å². The molecular formula is C22H39IN4O3. The summed E-state index contributed by atoms with van der Waals surface area (Å²) < 4.78 is 17.1. The minimum atomic E-state index is 0. The summed E-state index contributed by atoms with van der Waals surface area (Å²) >= 11 is 0. The molecule has 172 valence electrons. The fourth-order valence-corrected chi connectivity index (χ4v) is 3.99. The molecule has 2 aliphatic rings. The van der Waals surface area contributed by atoms with E-state index in [2.05, 4.69) is 28.5 Å². The third kappa shape index (κ3) is 8.72. The van der Waals surface area contributed by atoms with Crippen molar-refractivity contribution >= 4 is 29.9 Å². The van der Waals surface area contributed by atoms with Crippen molar-refractivity contribution in [1.82, 2.24) is 15.5 Å². The standard InChI is InChI=1S/C22H38N4O3.HI/c1-2-23-22(24-11-8-14-27-18-19-9-6-15-28-19)25-17-20(21-10-7-16-29-21)26-12-4-3-5-13-26;/h7,10,16,19-20H,2-6,8-9,11-15,17-18H2,1H3,(H2,23,24,25);1H. The Balaban J connectivity index is 0.00000320. The zero-order valence-electron chi connectivity index (χ0n) is 18.3. The molecule has 1 aromatic rings. The van der Waals surface area contributed by atoms with Gasteiger partial charge < -0.3 is 24.5 Å². The summed E-state index contributed by atoms with van der Waals surface area (Å²) in [7, 11) is 0. The van der Waals surface area contributed by atoms with Crippen molar-refractivity contribution < 1.29 is 13.9 Å². The van der Waals surface area contributed by atoms with Crippen LogP contribution in [0, 0.1) is 0 Å². The lowest BCUT2D eigenvalue weighted by molar-refractivity contribution is 0.0168. The number of likely N-dealkylation sites (tertiary alicyclic amines) is 1. The molecule has 0 spiro atoms. The Bertz CT molecular complexity index is 573. The summed E-state index contributed by atoms with van der Waals surface area (Å²) in [5.41, 5.74) is 0. The summed E-state index contributed by atoms with van der Waals surface area (Å²) in [6.45, 7) is 9.05. The number of hydrogen-bond donors (Lipinski definition) is 2. The largest absolute Gasteiger partial charge is 0.468 e. The van der Waals surface area contributed by atoms with Gasteiger partial charge in [0, 0.05) is 26.3 Å². The Morgan fingerprint density at radius 1 is 1.27 bits per heavy atom. The minimum absolute atomic E-state index is 0. The molecule has 2 aliphatic heterocycles. The molecule has 30 heavy (non-hydrogen) atoms. The van der Waals surface area contributed by atoms with Crippen LogP contribution in [0.1, 0.15) is 57.3 Å². The maximum atomic E-state index is 5.74. The van der Waals surface area contributed by atoms with Crippen LogP contribution in [0.5, 0.6) is 0 Å². The Hall–Kier alpha value is -0.840. The number of guanidine groups is 1. The summed E-state index contributed by atoms with van der Waals surface area (Å²) in [6.07, 6.45) is 9.13. The predicted molar refractivity (Wildman–Crippen MR) is 131 cm³/mol. The number of nitrogens with zero attached hydrogens (tertiary/aromatic N) is 2. The van der Waals surface area contributed by atoms with E-state index in [0.717, 1.165) is 77.0 Å². The molecular weight excluding hydrogens is 495 g/mol. The normalized spacial score (nSPS) is 21.2. The van der Waals surface area contributed by atoms with Crippen molar-refractivity contribution in [2.24, 2.45) is 4.99 Å². The number of aliphatic imine (C=N–C) groups is 1. The second-order valence-corrected chi connectivity index (χ2v) is 7.84. The fourth-order valence-electron chi connectivity index (χ4n) is 3.99. The zero-order valence-corrected chi connectivity index (χ0v) is 20.6. The van der Waals surface area contributed by atoms with Gasteiger partial charge in [0.2, 0.25) is 0 Å². The molecule has 8 heteroatoms. The molecule has 1 aromatic heterocycles. The van der Waals surface area contributed by atoms with E-state index in [4.69, 9.17) is 18.9 Å². The molecule has 0 radical (unpaired) electrons. The van der Waals surface area contributed by atoms with E-state index in [1.54, 1.807) is 6.26 Å². The molecule has 3 rings (SSSR count). The van der Waals surface area contributed by atoms with Gasteiger partial charge in [-0.05, 0) is 64.3 Å². The summed E-state index contributed by atoms with van der Waals surface area (Å²) in [5.74, 6) is 1.87. The third-order valence-corrected chi connectivity index (χ3v) is 5.56. The van der Waals surface area contributed by atoms with Gasteiger partial charge in [-0.25, -0.2) is 0 Å². The minimum Gasteiger partial charge on any atom is -0.468 e. The number of hydrogen-bond acceptors (Lipinski definition) is 5. The van der Waals surface area contributed by atoms with Crippen molar-refractivity contribution in [3.63, 3.8) is 0 Å². The van der Waals surface area contributed by atoms with Gasteiger partial charge in [0.25, 0.3) is 0 Å². The monoisotopic (exact) mass is 534 g/mol. The maximum Gasteiger partial charge on any atom is 0.191 e. The number of halogens is 1. The quantitative estimate of drug-likeness (QED) is 0.196. The molecule has 2 fully saturated rings. The Morgan fingerprint density at radius 2 is 2.13 bits per heavy atom. The van der Waals surface area contributed by atoms with Crippen LogP contribution in [-0.4, -0.2) is 69.5 Å². The molecule has 0 saturated carbocycles. The molecule has 0 aromatic carbocycles.